The molecule has 1 aliphatic carbocycles. The molecule has 1 atom stereocenters. The highest BCUT2D eigenvalue weighted by Gasteiger charge is 2.20. The Morgan fingerprint density at radius 3 is 2.80 bits per heavy atom. The maximum Gasteiger partial charge on any atom is 0.103 e. The van der Waals surface area contributed by atoms with Gasteiger partial charge in [0.1, 0.15) is 5.76 Å². The van der Waals surface area contributed by atoms with Crippen LogP contribution in [0.2, 0.25) is 0 Å². The summed E-state index contributed by atoms with van der Waals surface area (Å²) in [4.78, 5) is 0. The molecule has 1 aliphatic rings. The summed E-state index contributed by atoms with van der Waals surface area (Å²) in [5, 5.41) is 0. The third-order valence-corrected chi connectivity index (χ3v) is 3.56. The summed E-state index contributed by atoms with van der Waals surface area (Å²) in [6.07, 6.45) is 10.6. The van der Waals surface area contributed by atoms with E-state index in [1.165, 1.54) is 32.1 Å². The molecule has 2 heteroatoms. The third kappa shape index (κ3) is 3.10. The largest absolute Gasteiger partial charge is 0.469 e. The molecule has 2 rings (SSSR count). The van der Waals surface area contributed by atoms with E-state index in [1.807, 2.05) is 12.1 Å². The monoisotopic (exact) mass is 207 g/mol. The second kappa shape index (κ2) is 5.36. The number of aryl methyl sites for hydroxylation is 1. The van der Waals surface area contributed by atoms with Gasteiger partial charge in [0.25, 0.3) is 0 Å². The summed E-state index contributed by atoms with van der Waals surface area (Å²) < 4.78 is 5.32. The van der Waals surface area contributed by atoms with Gasteiger partial charge >= 0.3 is 0 Å². The molecule has 0 amide bonds. The standard InChI is InChI=1S/C13H21NO/c14-13(11-5-2-1-3-6-11)9-8-12-7-4-10-15-12/h4,7,10-11,13H,1-3,5-6,8-9,14H2. The van der Waals surface area contributed by atoms with Crippen molar-refractivity contribution in [2.45, 2.75) is 51.0 Å². The Morgan fingerprint density at radius 2 is 2.13 bits per heavy atom. The van der Waals surface area contributed by atoms with Gasteiger partial charge in [-0.1, -0.05) is 19.3 Å². The van der Waals surface area contributed by atoms with Gasteiger partial charge < -0.3 is 10.2 Å². The van der Waals surface area contributed by atoms with Crippen molar-refractivity contribution in [3.05, 3.63) is 24.2 Å². The van der Waals surface area contributed by atoms with Gasteiger partial charge in [-0.15, -0.1) is 0 Å². The summed E-state index contributed by atoms with van der Waals surface area (Å²) in [6, 6.07) is 4.35. The Hall–Kier alpha value is -0.760. The van der Waals surface area contributed by atoms with Crippen molar-refractivity contribution in [3.8, 4) is 0 Å². The second-order valence-corrected chi connectivity index (χ2v) is 4.68. The molecule has 2 N–H and O–H groups in total. The Kier molecular flexibility index (Phi) is 3.84. The lowest BCUT2D eigenvalue weighted by Gasteiger charge is -2.27. The van der Waals surface area contributed by atoms with Crippen LogP contribution in [0.5, 0.6) is 0 Å². The van der Waals surface area contributed by atoms with E-state index < -0.39 is 0 Å². The average molecular weight is 207 g/mol. The van der Waals surface area contributed by atoms with E-state index >= 15 is 0 Å². The summed E-state index contributed by atoms with van der Waals surface area (Å²) in [5.74, 6) is 1.83. The van der Waals surface area contributed by atoms with E-state index in [-0.39, 0.29) is 0 Å². The Bertz CT molecular complexity index is 262. The van der Waals surface area contributed by atoms with Gasteiger partial charge in [0.2, 0.25) is 0 Å². The highest BCUT2D eigenvalue weighted by molar-refractivity contribution is 4.98. The molecule has 1 heterocycles. The van der Waals surface area contributed by atoms with Crippen LogP contribution in [0, 0.1) is 5.92 Å². The van der Waals surface area contributed by atoms with E-state index in [0.29, 0.717) is 6.04 Å². The summed E-state index contributed by atoms with van der Waals surface area (Å²) in [5.41, 5.74) is 6.22. The fourth-order valence-electron chi connectivity index (χ4n) is 2.56. The van der Waals surface area contributed by atoms with Gasteiger partial charge in [-0.25, -0.2) is 0 Å². The molecule has 1 saturated carbocycles. The average Bonchev–Trinajstić information content (AvgIpc) is 2.80. The fourth-order valence-corrected chi connectivity index (χ4v) is 2.56. The van der Waals surface area contributed by atoms with Crippen molar-refractivity contribution in [2.24, 2.45) is 11.7 Å². The van der Waals surface area contributed by atoms with Crippen LogP contribution in [-0.4, -0.2) is 6.04 Å². The van der Waals surface area contributed by atoms with Gasteiger partial charge in [-0.2, -0.15) is 0 Å². The molecule has 0 aliphatic heterocycles. The third-order valence-electron chi connectivity index (χ3n) is 3.56. The van der Waals surface area contributed by atoms with Crippen molar-refractivity contribution < 1.29 is 4.42 Å². The van der Waals surface area contributed by atoms with Crippen LogP contribution in [0.1, 0.15) is 44.3 Å². The highest BCUT2D eigenvalue weighted by atomic mass is 16.3. The molecule has 2 nitrogen and oxygen atoms in total. The van der Waals surface area contributed by atoms with Crippen LogP contribution < -0.4 is 5.73 Å². The SMILES string of the molecule is NC(CCc1ccco1)C1CCCCC1. The van der Waals surface area contributed by atoms with Crippen LogP contribution in [0.3, 0.4) is 0 Å². The molecule has 0 radical (unpaired) electrons. The molecular formula is C13H21NO. The maximum absolute atomic E-state index is 6.22. The molecule has 15 heavy (non-hydrogen) atoms. The zero-order valence-electron chi connectivity index (χ0n) is 9.32. The normalized spacial score (nSPS) is 20.3. The molecule has 1 fully saturated rings. The minimum absolute atomic E-state index is 0.371. The van der Waals surface area contributed by atoms with Crippen LogP contribution in [-0.2, 0) is 6.42 Å². The number of furan rings is 1. The Morgan fingerprint density at radius 1 is 1.33 bits per heavy atom. The molecular weight excluding hydrogens is 186 g/mol. The summed E-state index contributed by atoms with van der Waals surface area (Å²) in [6.45, 7) is 0. The smallest absolute Gasteiger partial charge is 0.103 e. The van der Waals surface area contributed by atoms with Gasteiger partial charge in [0, 0.05) is 12.5 Å². The molecule has 0 spiro atoms. The minimum Gasteiger partial charge on any atom is -0.469 e. The van der Waals surface area contributed by atoms with Gasteiger partial charge in [-0.3, -0.25) is 0 Å². The first kappa shape index (κ1) is 10.7. The lowest BCUT2D eigenvalue weighted by atomic mass is 9.82. The van der Waals surface area contributed by atoms with Crippen LogP contribution in [0.15, 0.2) is 22.8 Å². The lowest BCUT2D eigenvalue weighted by molar-refractivity contribution is 0.291. The molecule has 84 valence electrons. The highest BCUT2D eigenvalue weighted by Crippen LogP contribution is 2.27. The van der Waals surface area contributed by atoms with Crippen LogP contribution >= 0.6 is 0 Å². The van der Waals surface area contributed by atoms with Crippen molar-refractivity contribution in [3.63, 3.8) is 0 Å². The van der Waals surface area contributed by atoms with Crippen LogP contribution in [0.25, 0.3) is 0 Å². The van der Waals surface area contributed by atoms with E-state index in [9.17, 15) is 0 Å². The van der Waals surface area contributed by atoms with E-state index in [1.54, 1.807) is 6.26 Å². The Labute approximate surface area is 91.8 Å². The first-order valence-electron chi connectivity index (χ1n) is 6.14. The quantitative estimate of drug-likeness (QED) is 0.824. The first-order valence-corrected chi connectivity index (χ1v) is 6.14. The Balaban J connectivity index is 1.74. The van der Waals surface area contributed by atoms with E-state index in [0.717, 1.165) is 24.5 Å². The minimum atomic E-state index is 0.371. The molecule has 0 aromatic carbocycles. The lowest BCUT2D eigenvalue weighted by Crippen LogP contribution is -2.31. The second-order valence-electron chi connectivity index (χ2n) is 4.68. The van der Waals surface area contributed by atoms with Crippen molar-refractivity contribution in [2.75, 3.05) is 0 Å². The summed E-state index contributed by atoms with van der Waals surface area (Å²) in [7, 11) is 0. The summed E-state index contributed by atoms with van der Waals surface area (Å²) >= 11 is 0. The first-order chi connectivity index (χ1) is 7.36. The van der Waals surface area contributed by atoms with Gasteiger partial charge in [0.15, 0.2) is 0 Å². The van der Waals surface area contributed by atoms with Crippen molar-refractivity contribution in [1.82, 2.24) is 0 Å². The number of nitrogens with two attached hydrogens (primary N) is 1. The van der Waals surface area contributed by atoms with E-state index in [4.69, 9.17) is 10.2 Å². The topological polar surface area (TPSA) is 39.2 Å². The van der Waals surface area contributed by atoms with Crippen LogP contribution in [0.4, 0.5) is 0 Å². The van der Waals surface area contributed by atoms with Crippen molar-refractivity contribution in [1.29, 1.82) is 0 Å². The van der Waals surface area contributed by atoms with Crippen molar-refractivity contribution >= 4 is 0 Å². The molecule has 0 saturated heterocycles. The maximum atomic E-state index is 6.22. The number of hydrogen-bond donors (Lipinski definition) is 1. The molecule has 1 unspecified atom stereocenters. The van der Waals surface area contributed by atoms with E-state index in [2.05, 4.69) is 0 Å². The number of hydrogen-bond acceptors (Lipinski definition) is 2. The zero-order chi connectivity index (χ0) is 10.5. The fraction of sp³-hybridized carbons (Fsp3) is 0.692. The predicted molar refractivity (Wildman–Crippen MR) is 61.6 cm³/mol. The van der Waals surface area contributed by atoms with Gasteiger partial charge in [-0.05, 0) is 37.3 Å². The zero-order valence-corrected chi connectivity index (χ0v) is 9.32. The molecule has 0 bridgehead atoms. The van der Waals surface area contributed by atoms with Gasteiger partial charge in [0.05, 0.1) is 6.26 Å². The molecule has 1 aromatic heterocycles. The predicted octanol–water partition coefficient (Wildman–Crippen LogP) is 3.12. The number of rotatable bonds is 4. The molecule has 1 aromatic rings.